The van der Waals surface area contributed by atoms with Crippen LogP contribution in [0.4, 0.5) is 0 Å². The zero-order valence-electron chi connectivity index (χ0n) is 15.2. The Bertz CT molecular complexity index is 710. The van der Waals surface area contributed by atoms with Gasteiger partial charge in [0.2, 0.25) is 0 Å². The molecule has 0 aliphatic carbocycles. The van der Waals surface area contributed by atoms with Gasteiger partial charge in [0, 0.05) is 24.8 Å². The third-order valence-corrected chi connectivity index (χ3v) is 4.56. The van der Waals surface area contributed by atoms with Crippen LogP contribution in [0, 0.1) is 5.92 Å². The van der Waals surface area contributed by atoms with Gasteiger partial charge in [-0.3, -0.25) is 14.9 Å². The number of amides is 1. The van der Waals surface area contributed by atoms with Gasteiger partial charge in [0.05, 0.1) is 5.69 Å². The minimum Gasteiger partial charge on any atom is -0.345 e. The summed E-state index contributed by atoms with van der Waals surface area (Å²) in [6.07, 6.45) is 4.25. The second-order valence-corrected chi connectivity index (χ2v) is 7.70. The van der Waals surface area contributed by atoms with Crippen LogP contribution < -0.4 is 5.32 Å². The van der Waals surface area contributed by atoms with Gasteiger partial charge in [-0.2, -0.15) is 5.10 Å². The van der Waals surface area contributed by atoms with Crippen LogP contribution in [0.25, 0.3) is 11.4 Å². The molecule has 25 heavy (non-hydrogen) atoms. The standard InChI is InChI=1S/C19H27N5O/c1-14-7-6-10-24(12-14)13-19(2,3)21-18(25)17-11-16(22-23-17)15-8-4-5-9-20-15/h4-5,8-9,11,14H,6-7,10,12-13H2,1-3H3,(H,21,25)(H,22,23). The fourth-order valence-corrected chi connectivity index (χ4v) is 3.49. The number of nitrogens with one attached hydrogen (secondary N) is 2. The second-order valence-electron chi connectivity index (χ2n) is 7.70. The number of aromatic amines is 1. The summed E-state index contributed by atoms with van der Waals surface area (Å²) in [6, 6.07) is 7.38. The number of carbonyl (C=O) groups excluding carboxylic acids is 1. The Kier molecular flexibility index (Phi) is 5.18. The van der Waals surface area contributed by atoms with E-state index in [0.29, 0.717) is 11.4 Å². The van der Waals surface area contributed by atoms with E-state index in [1.807, 2.05) is 18.2 Å². The van der Waals surface area contributed by atoms with Crippen molar-refractivity contribution in [1.82, 2.24) is 25.4 Å². The average Bonchev–Trinajstić information content (AvgIpc) is 3.05. The van der Waals surface area contributed by atoms with Crippen molar-refractivity contribution in [3.63, 3.8) is 0 Å². The minimum atomic E-state index is -0.301. The number of rotatable bonds is 5. The van der Waals surface area contributed by atoms with E-state index < -0.39 is 0 Å². The van der Waals surface area contributed by atoms with E-state index in [1.54, 1.807) is 12.3 Å². The summed E-state index contributed by atoms with van der Waals surface area (Å²) >= 11 is 0. The maximum atomic E-state index is 12.6. The van der Waals surface area contributed by atoms with E-state index in [0.717, 1.165) is 31.2 Å². The first-order valence-electron chi connectivity index (χ1n) is 8.95. The molecule has 6 nitrogen and oxygen atoms in total. The molecule has 1 unspecified atom stereocenters. The monoisotopic (exact) mass is 341 g/mol. The van der Waals surface area contributed by atoms with Gasteiger partial charge in [0.1, 0.15) is 11.4 Å². The van der Waals surface area contributed by atoms with E-state index in [1.165, 1.54) is 12.8 Å². The SMILES string of the molecule is CC1CCCN(CC(C)(C)NC(=O)c2cc(-c3ccccn3)n[nH]2)C1. The Labute approximate surface area is 149 Å². The summed E-state index contributed by atoms with van der Waals surface area (Å²) in [7, 11) is 0. The molecule has 6 heteroatoms. The summed E-state index contributed by atoms with van der Waals surface area (Å²) < 4.78 is 0. The summed E-state index contributed by atoms with van der Waals surface area (Å²) in [5, 5.41) is 10.2. The Morgan fingerprint density at radius 3 is 2.96 bits per heavy atom. The number of nitrogens with zero attached hydrogens (tertiary/aromatic N) is 3. The first-order chi connectivity index (χ1) is 11.9. The van der Waals surface area contributed by atoms with Gasteiger partial charge in [0.25, 0.3) is 5.91 Å². The van der Waals surface area contributed by atoms with Gasteiger partial charge in [-0.05, 0) is 57.4 Å². The van der Waals surface area contributed by atoms with Crippen molar-refractivity contribution in [2.45, 2.75) is 39.2 Å². The van der Waals surface area contributed by atoms with Crippen molar-refractivity contribution in [2.75, 3.05) is 19.6 Å². The topological polar surface area (TPSA) is 73.9 Å². The molecule has 0 saturated carbocycles. The molecule has 0 radical (unpaired) electrons. The Balaban J connectivity index is 1.62. The number of piperidine rings is 1. The van der Waals surface area contributed by atoms with Crippen LogP contribution in [-0.2, 0) is 0 Å². The maximum absolute atomic E-state index is 12.6. The van der Waals surface area contributed by atoms with Crippen molar-refractivity contribution < 1.29 is 4.79 Å². The van der Waals surface area contributed by atoms with Gasteiger partial charge in [-0.15, -0.1) is 0 Å². The number of likely N-dealkylation sites (tertiary alicyclic amines) is 1. The van der Waals surface area contributed by atoms with Gasteiger partial charge >= 0.3 is 0 Å². The van der Waals surface area contributed by atoms with E-state index in [2.05, 4.69) is 46.2 Å². The first-order valence-corrected chi connectivity index (χ1v) is 8.95. The van der Waals surface area contributed by atoms with E-state index in [-0.39, 0.29) is 11.4 Å². The molecule has 1 saturated heterocycles. The molecule has 1 aliphatic rings. The zero-order chi connectivity index (χ0) is 17.9. The van der Waals surface area contributed by atoms with Gasteiger partial charge in [0.15, 0.2) is 0 Å². The maximum Gasteiger partial charge on any atom is 0.269 e. The van der Waals surface area contributed by atoms with Crippen LogP contribution in [0.1, 0.15) is 44.1 Å². The molecule has 3 rings (SSSR count). The molecule has 0 aromatic carbocycles. The molecule has 1 amide bonds. The van der Waals surface area contributed by atoms with E-state index in [4.69, 9.17) is 0 Å². The van der Waals surface area contributed by atoms with Crippen molar-refractivity contribution in [1.29, 1.82) is 0 Å². The third kappa shape index (κ3) is 4.66. The Morgan fingerprint density at radius 2 is 2.24 bits per heavy atom. The van der Waals surface area contributed by atoms with Gasteiger partial charge < -0.3 is 10.2 Å². The Hall–Kier alpha value is -2.21. The largest absolute Gasteiger partial charge is 0.345 e. The Morgan fingerprint density at radius 1 is 1.40 bits per heavy atom. The summed E-state index contributed by atoms with van der Waals surface area (Å²) in [5.41, 5.74) is 1.58. The van der Waals surface area contributed by atoms with Crippen LogP contribution in [0.2, 0.25) is 0 Å². The second kappa shape index (κ2) is 7.35. The lowest BCUT2D eigenvalue weighted by Crippen LogP contribution is -2.53. The number of H-pyrrole nitrogens is 1. The normalized spacial score (nSPS) is 18.9. The summed E-state index contributed by atoms with van der Waals surface area (Å²) in [4.78, 5) is 19.3. The molecule has 1 atom stereocenters. The highest BCUT2D eigenvalue weighted by Crippen LogP contribution is 2.19. The fraction of sp³-hybridized carbons (Fsp3) is 0.526. The molecule has 0 spiro atoms. The third-order valence-electron chi connectivity index (χ3n) is 4.56. The number of hydrogen-bond donors (Lipinski definition) is 2. The van der Waals surface area contributed by atoms with Gasteiger partial charge in [-0.25, -0.2) is 0 Å². The molecule has 1 aliphatic heterocycles. The van der Waals surface area contributed by atoms with Crippen LogP contribution in [0.15, 0.2) is 30.5 Å². The van der Waals surface area contributed by atoms with Crippen molar-refractivity contribution >= 4 is 5.91 Å². The van der Waals surface area contributed by atoms with Gasteiger partial charge in [-0.1, -0.05) is 13.0 Å². The van der Waals surface area contributed by atoms with Crippen molar-refractivity contribution in [3.05, 3.63) is 36.2 Å². The predicted molar refractivity (Wildman–Crippen MR) is 98.2 cm³/mol. The quantitative estimate of drug-likeness (QED) is 0.877. The highest BCUT2D eigenvalue weighted by Gasteiger charge is 2.27. The van der Waals surface area contributed by atoms with E-state index in [9.17, 15) is 4.79 Å². The molecule has 1 fully saturated rings. The number of hydrogen-bond acceptors (Lipinski definition) is 4. The molecule has 2 N–H and O–H groups in total. The molecular weight excluding hydrogens is 314 g/mol. The lowest BCUT2D eigenvalue weighted by atomic mass is 9.97. The van der Waals surface area contributed by atoms with Crippen LogP contribution >= 0.6 is 0 Å². The lowest BCUT2D eigenvalue weighted by Gasteiger charge is -2.37. The summed E-state index contributed by atoms with van der Waals surface area (Å²) in [5.74, 6) is 0.596. The van der Waals surface area contributed by atoms with Crippen molar-refractivity contribution in [2.24, 2.45) is 5.92 Å². The molecule has 134 valence electrons. The predicted octanol–water partition coefficient (Wildman–Crippen LogP) is 2.71. The number of carbonyl (C=O) groups is 1. The minimum absolute atomic E-state index is 0.135. The molecule has 2 aromatic rings. The zero-order valence-corrected chi connectivity index (χ0v) is 15.2. The highest BCUT2D eigenvalue weighted by molar-refractivity contribution is 5.93. The van der Waals surface area contributed by atoms with Crippen LogP contribution in [0.5, 0.6) is 0 Å². The molecule has 3 heterocycles. The number of pyridine rings is 1. The van der Waals surface area contributed by atoms with Crippen LogP contribution in [-0.4, -0.2) is 51.2 Å². The average molecular weight is 341 g/mol. The van der Waals surface area contributed by atoms with Crippen molar-refractivity contribution in [3.8, 4) is 11.4 Å². The molecular formula is C19H27N5O. The first kappa shape index (κ1) is 17.6. The van der Waals surface area contributed by atoms with E-state index >= 15 is 0 Å². The molecule has 2 aromatic heterocycles. The molecule has 0 bridgehead atoms. The highest BCUT2D eigenvalue weighted by atomic mass is 16.2. The smallest absolute Gasteiger partial charge is 0.269 e. The number of aromatic nitrogens is 3. The summed E-state index contributed by atoms with van der Waals surface area (Å²) in [6.45, 7) is 9.50. The fourth-order valence-electron chi connectivity index (χ4n) is 3.49. The lowest BCUT2D eigenvalue weighted by molar-refractivity contribution is 0.0858. The van der Waals surface area contributed by atoms with Crippen LogP contribution in [0.3, 0.4) is 0 Å².